The monoisotopic (exact) mass is 144 g/mol. The van der Waals surface area contributed by atoms with E-state index in [1.807, 2.05) is 6.92 Å². The van der Waals surface area contributed by atoms with Crippen LogP contribution in [0.2, 0.25) is 0 Å². The minimum absolute atomic E-state index is 0.0301. The maximum Gasteiger partial charge on any atom is 0.134 e. The molecule has 0 aliphatic carbocycles. The molecule has 2 nitrogen and oxygen atoms in total. The minimum atomic E-state index is -0.0389. The summed E-state index contributed by atoms with van der Waals surface area (Å²) in [4.78, 5) is 0. The molecule has 0 aliphatic rings. The highest BCUT2D eigenvalue weighted by Crippen LogP contribution is 2.06. The van der Waals surface area contributed by atoms with Gasteiger partial charge in [-0.15, -0.1) is 0 Å². The van der Waals surface area contributed by atoms with Crippen LogP contribution in [-0.4, -0.2) is 11.0 Å². The molecule has 0 spiro atoms. The molecule has 0 aliphatic heterocycles. The van der Waals surface area contributed by atoms with E-state index >= 15 is 0 Å². The fourth-order valence-electron chi connectivity index (χ4n) is 0.502. The quantitative estimate of drug-likeness (QED) is 0.367. The molecule has 3 heteroatoms. The van der Waals surface area contributed by atoms with Crippen LogP contribution in [0.3, 0.4) is 0 Å². The van der Waals surface area contributed by atoms with E-state index in [0.29, 0.717) is 0 Å². The number of hydrogen-bond donors (Lipinski definition) is 1. The molecule has 1 N–H and O–H groups in total. The molecular formula is C7H13FN2. The lowest BCUT2D eigenvalue weighted by Crippen LogP contribution is -2.22. The van der Waals surface area contributed by atoms with Gasteiger partial charge in [0, 0.05) is 12.1 Å². The van der Waals surface area contributed by atoms with Crippen LogP contribution in [0, 0.1) is 11.3 Å². The van der Waals surface area contributed by atoms with E-state index in [-0.39, 0.29) is 16.9 Å². The van der Waals surface area contributed by atoms with E-state index in [1.165, 1.54) is 0 Å². The molecule has 0 aromatic carbocycles. The van der Waals surface area contributed by atoms with Crippen molar-refractivity contribution in [2.24, 2.45) is 5.92 Å². The van der Waals surface area contributed by atoms with E-state index in [0.717, 1.165) is 12.6 Å². The van der Waals surface area contributed by atoms with Gasteiger partial charge in [-0.05, 0) is 6.42 Å². The van der Waals surface area contributed by atoms with E-state index in [1.54, 1.807) is 6.92 Å². The fraction of sp³-hybridized carbons (Fsp3) is 0.571. The first-order valence-electron chi connectivity index (χ1n) is 3.29. The molecule has 0 heterocycles. The summed E-state index contributed by atoms with van der Waals surface area (Å²) in [5.41, 5.74) is 0. The lowest BCUT2D eigenvalue weighted by atomic mass is 10.1. The molecule has 0 bridgehead atoms. The molecule has 0 saturated heterocycles. The average molecular weight is 144 g/mol. The van der Waals surface area contributed by atoms with Gasteiger partial charge < -0.3 is 0 Å². The number of rotatable bonds is 3. The summed E-state index contributed by atoms with van der Waals surface area (Å²) in [6.07, 6.45) is 1.77. The largest absolute Gasteiger partial charge is 0.286 e. The Labute approximate surface area is 60.8 Å². The molecular weight excluding hydrogens is 131 g/mol. The highest BCUT2D eigenvalue weighted by Gasteiger charge is 2.11. The second-order valence-electron chi connectivity index (χ2n) is 2.19. The molecule has 0 radical (unpaired) electrons. The lowest BCUT2D eigenvalue weighted by molar-refractivity contribution is 0.180. The van der Waals surface area contributed by atoms with Crippen LogP contribution >= 0.6 is 0 Å². The van der Waals surface area contributed by atoms with Crippen LogP contribution in [-0.2, 0) is 0 Å². The van der Waals surface area contributed by atoms with Gasteiger partial charge in [0.05, 0.1) is 0 Å². The molecule has 0 aromatic rings. The van der Waals surface area contributed by atoms with E-state index < -0.39 is 0 Å². The molecule has 0 saturated carbocycles. The zero-order chi connectivity index (χ0) is 8.15. The Morgan fingerprint density at radius 3 is 2.70 bits per heavy atom. The van der Waals surface area contributed by atoms with Crippen LogP contribution in [0.1, 0.15) is 20.3 Å². The number of amidine groups is 1. The smallest absolute Gasteiger partial charge is 0.134 e. The maximum absolute atomic E-state index is 12.5. The van der Waals surface area contributed by atoms with Crippen molar-refractivity contribution in [3.8, 4) is 0 Å². The number of nitrogens with one attached hydrogen (secondary N) is 1. The summed E-state index contributed by atoms with van der Waals surface area (Å²) in [7, 11) is 0. The van der Waals surface area contributed by atoms with Crippen molar-refractivity contribution in [1.29, 1.82) is 5.41 Å². The summed E-state index contributed by atoms with van der Waals surface area (Å²) in [6, 6.07) is 0. The predicted octanol–water partition coefficient (Wildman–Crippen LogP) is 2.34. The molecule has 1 atom stereocenters. The van der Waals surface area contributed by atoms with Crippen LogP contribution in [0.5, 0.6) is 0 Å². The van der Waals surface area contributed by atoms with Crippen molar-refractivity contribution in [3.05, 3.63) is 12.8 Å². The zero-order valence-electron chi connectivity index (χ0n) is 6.39. The van der Waals surface area contributed by atoms with E-state index in [9.17, 15) is 4.48 Å². The summed E-state index contributed by atoms with van der Waals surface area (Å²) in [5.74, 6) is -0.0690. The highest BCUT2D eigenvalue weighted by atomic mass is 19.2. The average Bonchev–Trinajstić information content (AvgIpc) is 2.00. The highest BCUT2D eigenvalue weighted by molar-refractivity contribution is 5.80. The first-order chi connectivity index (χ1) is 4.63. The van der Waals surface area contributed by atoms with Gasteiger partial charge in [0.15, 0.2) is 0 Å². The Morgan fingerprint density at radius 1 is 1.90 bits per heavy atom. The van der Waals surface area contributed by atoms with Gasteiger partial charge in [-0.3, -0.25) is 5.41 Å². The molecule has 0 unspecified atom stereocenters. The zero-order valence-corrected chi connectivity index (χ0v) is 6.39. The first-order valence-corrected chi connectivity index (χ1v) is 3.29. The normalized spacial score (nSPS) is 12.3. The second kappa shape index (κ2) is 4.04. The third-order valence-electron chi connectivity index (χ3n) is 1.47. The van der Waals surface area contributed by atoms with Crippen molar-refractivity contribution >= 4 is 5.84 Å². The lowest BCUT2D eigenvalue weighted by Gasteiger charge is -2.14. The van der Waals surface area contributed by atoms with Crippen LogP contribution in [0.4, 0.5) is 4.48 Å². The molecule has 10 heavy (non-hydrogen) atoms. The summed E-state index contributed by atoms with van der Waals surface area (Å²) < 4.78 is 12.5. The Hall–Kier alpha value is -0.860. The van der Waals surface area contributed by atoms with Gasteiger partial charge in [0.1, 0.15) is 5.84 Å². The number of halogens is 1. The fourth-order valence-corrected chi connectivity index (χ4v) is 0.502. The summed E-state index contributed by atoms with van der Waals surface area (Å²) in [6.45, 7) is 6.93. The molecule has 0 rings (SSSR count). The minimum Gasteiger partial charge on any atom is -0.286 e. The third kappa shape index (κ3) is 2.17. The molecule has 0 aromatic heterocycles. The van der Waals surface area contributed by atoms with Crippen LogP contribution in [0.15, 0.2) is 12.8 Å². The molecule has 0 fully saturated rings. The first kappa shape index (κ1) is 9.14. The Morgan fingerprint density at radius 2 is 2.40 bits per heavy atom. The molecule has 0 amide bonds. The van der Waals surface area contributed by atoms with Crippen molar-refractivity contribution < 1.29 is 4.48 Å². The van der Waals surface area contributed by atoms with Crippen molar-refractivity contribution in [1.82, 2.24) is 5.12 Å². The summed E-state index contributed by atoms with van der Waals surface area (Å²) >= 11 is 0. The number of hydrogen-bond acceptors (Lipinski definition) is 1. The standard InChI is InChI=1S/C7H13FN2/c1-4-6(3)7(9)10(8)5-2/h5-6,9H,2,4H2,1,3H3/t6-/m1/s1. The van der Waals surface area contributed by atoms with Gasteiger partial charge in [0.2, 0.25) is 0 Å². The van der Waals surface area contributed by atoms with E-state index in [2.05, 4.69) is 6.58 Å². The SMILES string of the molecule is C=CN(F)C(=N)[C@H](C)CC. The van der Waals surface area contributed by atoms with Crippen molar-refractivity contribution in [2.75, 3.05) is 0 Å². The van der Waals surface area contributed by atoms with Gasteiger partial charge >= 0.3 is 0 Å². The van der Waals surface area contributed by atoms with Crippen LogP contribution in [0.25, 0.3) is 0 Å². The Balaban J connectivity index is 3.93. The van der Waals surface area contributed by atoms with Gasteiger partial charge in [-0.25, -0.2) is 0 Å². The summed E-state index contributed by atoms with van der Waals surface area (Å²) in [5, 5.41) is 7.42. The second-order valence-corrected chi connectivity index (χ2v) is 2.19. The van der Waals surface area contributed by atoms with Gasteiger partial charge in [-0.2, -0.15) is 5.12 Å². The Kier molecular flexibility index (Phi) is 3.69. The third-order valence-corrected chi connectivity index (χ3v) is 1.47. The number of nitrogens with zero attached hydrogens (tertiary/aromatic N) is 1. The van der Waals surface area contributed by atoms with Crippen molar-refractivity contribution in [2.45, 2.75) is 20.3 Å². The maximum atomic E-state index is 12.5. The van der Waals surface area contributed by atoms with E-state index in [4.69, 9.17) is 5.41 Å². The van der Waals surface area contributed by atoms with Gasteiger partial charge in [0.25, 0.3) is 0 Å². The molecule has 58 valence electrons. The van der Waals surface area contributed by atoms with Crippen LogP contribution < -0.4 is 0 Å². The van der Waals surface area contributed by atoms with Gasteiger partial charge in [-0.1, -0.05) is 24.9 Å². The Bertz CT molecular complexity index is 134. The topological polar surface area (TPSA) is 27.1 Å². The predicted molar refractivity (Wildman–Crippen MR) is 40.3 cm³/mol. The van der Waals surface area contributed by atoms with Crippen molar-refractivity contribution in [3.63, 3.8) is 0 Å².